The van der Waals surface area contributed by atoms with Crippen LogP contribution in [0, 0.1) is 17.6 Å². The third-order valence-corrected chi connectivity index (χ3v) is 12.3. The predicted octanol–water partition coefficient (Wildman–Crippen LogP) is 7.54. The average Bonchev–Trinajstić information content (AvgIpc) is 3.97. The van der Waals surface area contributed by atoms with Crippen LogP contribution in [0.1, 0.15) is 63.7 Å². The molecule has 6 aromatic rings. The molecule has 4 aromatic heterocycles. The minimum absolute atomic E-state index is 0.00352. The number of halogens is 4. The number of nitrogens with zero attached hydrogens (tertiary/aromatic N) is 4. The maximum Gasteiger partial charge on any atom is 0.434 e. The van der Waals surface area contributed by atoms with Gasteiger partial charge in [-0.3, -0.25) is 9.78 Å². The molecule has 5 aliphatic rings. The molecular formula is C38H28F4N6O4S. The smallest absolute Gasteiger partial charge is 0.431 e. The van der Waals surface area contributed by atoms with Crippen LogP contribution in [0.3, 0.4) is 0 Å². The Morgan fingerprint density at radius 1 is 1.06 bits per heavy atom. The molecule has 3 fully saturated rings. The number of alkyl halides is 2. The lowest BCUT2D eigenvalue weighted by atomic mass is 9.71. The topological polar surface area (TPSA) is 126 Å². The summed E-state index contributed by atoms with van der Waals surface area (Å²) in [6.07, 6.45) is 5.04. The lowest BCUT2D eigenvalue weighted by Gasteiger charge is -2.37. The number of hydrogen-bond donors (Lipinski definition) is 2. The van der Waals surface area contributed by atoms with E-state index in [1.807, 2.05) is 17.0 Å². The van der Waals surface area contributed by atoms with Crippen LogP contribution < -0.4 is 15.8 Å². The number of aromatic amines is 1. The van der Waals surface area contributed by atoms with Crippen LogP contribution in [0.5, 0.6) is 5.75 Å². The first-order valence-electron chi connectivity index (χ1n) is 17.3. The number of pyridine rings is 2. The van der Waals surface area contributed by atoms with Gasteiger partial charge in [0.15, 0.2) is 11.6 Å². The number of anilines is 1. The maximum absolute atomic E-state index is 14.5. The number of hydrogen-bond acceptors (Lipinski definition) is 9. The number of aromatic nitrogens is 4. The van der Waals surface area contributed by atoms with E-state index in [-0.39, 0.29) is 23.7 Å². The van der Waals surface area contributed by atoms with Gasteiger partial charge in [-0.2, -0.15) is 8.78 Å². The number of benzene rings is 2. The van der Waals surface area contributed by atoms with Crippen LogP contribution in [-0.4, -0.2) is 44.1 Å². The van der Waals surface area contributed by atoms with Crippen LogP contribution in [0.4, 0.5) is 23.4 Å². The van der Waals surface area contributed by atoms with Crippen LogP contribution >= 0.6 is 11.3 Å². The zero-order valence-corrected chi connectivity index (χ0v) is 28.5. The largest absolute Gasteiger partial charge is 0.434 e. The van der Waals surface area contributed by atoms with Gasteiger partial charge in [0, 0.05) is 28.7 Å². The van der Waals surface area contributed by atoms with Crippen molar-refractivity contribution in [1.29, 1.82) is 0 Å². The number of H-pyrrole nitrogens is 1. The molecule has 53 heavy (non-hydrogen) atoms. The van der Waals surface area contributed by atoms with Crippen LogP contribution in [0.15, 0.2) is 63.9 Å². The summed E-state index contributed by atoms with van der Waals surface area (Å²) in [5.41, 5.74) is 4.21. The Labute approximate surface area is 301 Å². The van der Waals surface area contributed by atoms with Gasteiger partial charge in [-0.1, -0.05) is 18.2 Å². The first-order chi connectivity index (χ1) is 25.7. The second kappa shape index (κ2) is 11.7. The Bertz CT molecular complexity index is 2540. The molecule has 1 spiro atoms. The second-order valence-electron chi connectivity index (χ2n) is 14.0. The Hall–Kier alpha value is -5.57. The number of rotatable bonds is 9. The number of nitrogens with one attached hydrogen (secondary N) is 2. The van der Waals surface area contributed by atoms with Crippen molar-refractivity contribution in [3.63, 3.8) is 0 Å². The lowest BCUT2D eigenvalue weighted by molar-refractivity contribution is -0.0527. The minimum Gasteiger partial charge on any atom is -0.431 e. The zero-order chi connectivity index (χ0) is 36.2. The van der Waals surface area contributed by atoms with Crippen molar-refractivity contribution in [3.8, 4) is 27.6 Å². The van der Waals surface area contributed by atoms with Crippen molar-refractivity contribution in [1.82, 2.24) is 25.1 Å². The highest BCUT2D eigenvalue weighted by Crippen LogP contribution is 2.63. The molecule has 15 heteroatoms. The molecule has 2 saturated heterocycles. The third-order valence-electron chi connectivity index (χ3n) is 11.1. The number of carbonyl (C=O) groups excluding carboxylic acids is 1. The number of aryl methyl sites for hydroxylation is 2. The molecule has 268 valence electrons. The van der Waals surface area contributed by atoms with Gasteiger partial charge < -0.3 is 19.4 Å². The monoisotopic (exact) mass is 740 g/mol. The normalized spacial score (nSPS) is 20.9. The predicted molar refractivity (Wildman–Crippen MR) is 186 cm³/mol. The molecular weight excluding hydrogens is 713 g/mol. The van der Waals surface area contributed by atoms with E-state index in [4.69, 9.17) is 9.40 Å². The summed E-state index contributed by atoms with van der Waals surface area (Å²) < 4.78 is 65.5. The van der Waals surface area contributed by atoms with E-state index in [1.54, 1.807) is 24.4 Å². The fourth-order valence-electron chi connectivity index (χ4n) is 8.86. The number of carbonyl (C=O) groups is 1. The number of amides is 1. The third kappa shape index (κ3) is 4.92. The van der Waals surface area contributed by atoms with E-state index in [0.717, 1.165) is 34.6 Å². The highest BCUT2D eigenvalue weighted by molar-refractivity contribution is 7.23. The molecule has 10 nitrogen and oxygen atoms in total. The van der Waals surface area contributed by atoms with E-state index >= 15 is 0 Å². The molecule has 2 N–H and O–H groups in total. The van der Waals surface area contributed by atoms with E-state index in [9.17, 15) is 27.2 Å². The molecule has 1 amide bonds. The molecule has 11 rings (SSSR count). The molecule has 3 aliphatic heterocycles. The van der Waals surface area contributed by atoms with Crippen LogP contribution in [-0.2, 0) is 24.8 Å². The Kier molecular flexibility index (Phi) is 7.10. The van der Waals surface area contributed by atoms with Crippen molar-refractivity contribution in [2.24, 2.45) is 5.92 Å². The average molecular weight is 741 g/mol. The summed E-state index contributed by atoms with van der Waals surface area (Å²) in [4.78, 5) is 39.3. The SMILES string of the molecule is O=C1c2c(nc(CCc3ccc(F)cc3)c(-c3n[nH]c(=O)o3)c2-c2cc3ccnc(N[C@H]4CCc5c4ccc(F)c5OC(F)F)c3s2)C23CC(CN12)C3. The molecule has 1 atom stereocenters. The van der Waals surface area contributed by atoms with Crippen molar-refractivity contribution >= 4 is 33.1 Å². The fraction of sp³-hybridized carbons (Fsp3) is 0.289. The van der Waals surface area contributed by atoms with Gasteiger partial charge in [0.25, 0.3) is 11.8 Å². The van der Waals surface area contributed by atoms with Crippen LogP contribution in [0.25, 0.3) is 32.0 Å². The first kappa shape index (κ1) is 32.1. The number of thiophene rings is 1. The van der Waals surface area contributed by atoms with Gasteiger partial charge in [0.1, 0.15) is 11.6 Å². The van der Waals surface area contributed by atoms with Gasteiger partial charge in [0.2, 0.25) is 0 Å². The fourth-order valence-corrected chi connectivity index (χ4v) is 10.0. The van der Waals surface area contributed by atoms with E-state index in [2.05, 4.69) is 25.2 Å². The second-order valence-corrected chi connectivity index (χ2v) is 15.1. The van der Waals surface area contributed by atoms with Gasteiger partial charge in [-0.05, 0) is 91.3 Å². The van der Waals surface area contributed by atoms with Gasteiger partial charge in [-0.25, -0.2) is 23.7 Å². The van der Waals surface area contributed by atoms with Crippen molar-refractivity contribution in [3.05, 3.63) is 111 Å². The molecule has 1 saturated carbocycles. The Morgan fingerprint density at radius 3 is 2.66 bits per heavy atom. The van der Waals surface area contributed by atoms with Gasteiger partial charge >= 0.3 is 12.4 Å². The molecule has 2 aliphatic carbocycles. The lowest BCUT2D eigenvalue weighted by Crippen LogP contribution is -2.40. The standard InChI is InChI=1S/C38H28F4N6O4S/c39-20-4-1-17(2-5-20)3-9-25-27(34-46-47-37(50)52-34)28(29-32(44-25)38-14-18(15-38)16-48(38)35(29)49)26-13-19-11-12-43-33(31(19)53-26)45-24-10-7-22-21(24)6-8-23(40)30(22)51-36(41)42/h1-2,4-6,8,11-13,18,24,36H,3,7,9-10,14-16H2,(H,43,45)(H,47,50)/t18?,24-,38?/m0/s1. The molecule has 0 radical (unpaired) electrons. The highest BCUT2D eigenvalue weighted by Gasteiger charge is 2.65. The number of fused-ring (bicyclic) bond motifs is 3. The Balaban J connectivity index is 1.12. The summed E-state index contributed by atoms with van der Waals surface area (Å²) in [6, 6.07) is 12.4. The summed E-state index contributed by atoms with van der Waals surface area (Å²) >= 11 is 1.40. The summed E-state index contributed by atoms with van der Waals surface area (Å²) in [5.74, 6) is -1.55. The van der Waals surface area contributed by atoms with Crippen LogP contribution in [0.2, 0.25) is 0 Å². The number of ether oxygens (including phenoxy) is 1. The van der Waals surface area contributed by atoms with Crippen molar-refractivity contribution in [2.75, 3.05) is 11.9 Å². The maximum atomic E-state index is 14.5. The summed E-state index contributed by atoms with van der Waals surface area (Å²) in [6.45, 7) is -2.51. The van der Waals surface area contributed by atoms with E-state index in [1.165, 1.54) is 23.5 Å². The quantitative estimate of drug-likeness (QED) is 0.146. The highest BCUT2D eigenvalue weighted by atomic mass is 32.1. The van der Waals surface area contributed by atoms with Gasteiger partial charge in [-0.15, -0.1) is 16.4 Å². The first-order valence-corrected chi connectivity index (χ1v) is 18.1. The molecule has 0 unspecified atom stereocenters. The molecule has 2 bridgehead atoms. The summed E-state index contributed by atoms with van der Waals surface area (Å²) in [5, 5.41) is 10.9. The summed E-state index contributed by atoms with van der Waals surface area (Å²) in [7, 11) is 0. The minimum atomic E-state index is -3.16. The van der Waals surface area contributed by atoms with Gasteiger partial charge in [0.05, 0.1) is 38.8 Å². The molecule has 7 heterocycles. The van der Waals surface area contributed by atoms with E-state index < -0.39 is 29.5 Å². The zero-order valence-electron chi connectivity index (χ0n) is 27.7. The Morgan fingerprint density at radius 2 is 1.89 bits per heavy atom. The van der Waals surface area contributed by atoms with Crippen molar-refractivity contribution < 1.29 is 31.5 Å². The van der Waals surface area contributed by atoms with E-state index in [0.29, 0.717) is 88.0 Å². The molecule has 2 aromatic carbocycles. The van der Waals surface area contributed by atoms with Crippen molar-refractivity contribution in [2.45, 2.75) is 56.7 Å².